The average Bonchev–Trinajstić information content (AvgIpc) is 2.66. The molecule has 0 radical (unpaired) electrons. The second-order valence-electron chi connectivity index (χ2n) is 4.54. The van der Waals surface area contributed by atoms with Crippen LogP contribution >= 0.6 is 23.5 Å². The van der Waals surface area contributed by atoms with Crippen LogP contribution in [0.5, 0.6) is 0 Å². The summed E-state index contributed by atoms with van der Waals surface area (Å²) < 4.78 is 68.5. The first-order valence-electron chi connectivity index (χ1n) is 7.15. The maximum absolute atomic E-state index is 12.9. The summed E-state index contributed by atoms with van der Waals surface area (Å²) in [5.74, 6) is -5.08. The predicted octanol–water partition coefficient (Wildman–Crippen LogP) is -3.58. The molecule has 0 saturated carbocycles. The van der Waals surface area contributed by atoms with Crippen LogP contribution in [-0.2, 0) is 45.4 Å². The van der Waals surface area contributed by atoms with Gasteiger partial charge >= 0.3 is 23.5 Å². The Hall–Kier alpha value is -3.24. The van der Waals surface area contributed by atoms with Gasteiger partial charge in [-0.2, -0.15) is 31.7 Å². The van der Waals surface area contributed by atoms with Crippen molar-refractivity contribution in [3.8, 4) is 0 Å². The zero-order valence-electron chi connectivity index (χ0n) is 15.8. The van der Waals surface area contributed by atoms with Crippen LogP contribution < -0.4 is 56.1 Å². The molecular weight excluding hydrogens is 523 g/mol. The summed E-state index contributed by atoms with van der Waals surface area (Å²) in [7, 11) is -16.5. The molecular formula is C5H20N15O10P3. The Balaban J connectivity index is 6.10. The Labute approximate surface area is 182 Å². The first-order chi connectivity index (χ1) is 15.0. The van der Waals surface area contributed by atoms with E-state index >= 15 is 0 Å². The van der Waals surface area contributed by atoms with Gasteiger partial charge in [0.05, 0.1) is 0 Å². The van der Waals surface area contributed by atoms with Crippen molar-refractivity contribution < 1.29 is 45.4 Å². The number of hydrogen-bond donors (Lipinski definition) is 15. The van der Waals surface area contributed by atoms with Gasteiger partial charge in [0.1, 0.15) is 0 Å². The molecule has 0 fully saturated rings. The number of nitrogens with one attached hydrogen (secondary N) is 10. The van der Waals surface area contributed by atoms with Crippen molar-refractivity contribution in [2.24, 2.45) is 28.7 Å². The molecule has 0 aliphatic heterocycles. The van der Waals surface area contributed by atoms with E-state index in [-0.39, 0.29) is 0 Å². The number of hydroxylamine groups is 5. The van der Waals surface area contributed by atoms with E-state index in [0.717, 1.165) is 0 Å². The molecule has 0 aromatic carbocycles. The van der Waals surface area contributed by atoms with Crippen LogP contribution in [0.15, 0.2) is 0 Å². The lowest BCUT2D eigenvalue weighted by Crippen LogP contribution is -2.35. The summed E-state index contributed by atoms with van der Waals surface area (Å²) in [6.07, 6.45) is 0. The third-order valence-electron chi connectivity index (χ3n) is 1.74. The normalized spacial score (nSPS) is 16.0. The van der Waals surface area contributed by atoms with Crippen molar-refractivity contribution in [3.05, 3.63) is 0 Å². The van der Waals surface area contributed by atoms with E-state index in [1.807, 2.05) is 0 Å². The minimum atomic E-state index is -5.72. The Bertz CT molecular complexity index is 805. The van der Waals surface area contributed by atoms with Crippen molar-refractivity contribution in [1.29, 1.82) is 27.0 Å². The number of phosphoric acid groups is 3. The van der Waals surface area contributed by atoms with E-state index in [1.54, 1.807) is 0 Å². The summed E-state index contributed by atoms with van der Waals surface area (Å²) in [5, 5.41) is 34.9. The summed E-state index contributed by atoms with van der Waals surface area (Å²) in [4.78, 5) is 0. The molecule has 0 bridgehead atoms. The van der Waals surface area contributed by atoms with Gasteiger partial charge in [-0.3, -0.25) is 27.0 Å². The highest BCUT2D eigenvalue weighted by atomic mass is 31.3. The molecule has 20 N–H and O–H groups in total. The fourth-order valence-corrected chi connectivity index (χ4v) is 5.19. The number of hydrogen-bond acceptors (Lipinski definition) is 15. The summed E-state index contributed by atoms with van der Waals surface area (Å²) in [6.45, 7) is 0. The molecule has 0 heterocycles. The smallest absolute Gasteiger partial charge is 0.368 e. The highest BCUT2D eigenvalue weighted by Gasteiger charge is 2.50. The van der Waals surface area contributed by atoms with Crippen molar-refractivity contribution in [2.75, 3.05) is 0 Å². The highest BCUT2D eigenvalue weighted by molar-refractivity contribution is 7.67. The van der Waals surface area contributed by atoms with Crippen LogP contribution in [0.25, 0.3) is 0 Å². The Morgan fingerprint density at radius 2 is 0.636 bits per heavy atom. The fraction of sp³-hybridized carbons (Fsp3) is 0. The third-order valence-corrected chi connectivity index (χ3v) is 6.51. The first kappa shape index (κ1) is 29.8. The quantitative estimate of drug-likeness (QED) is 0.0435. The Kier molecular flexibility index (Phi) is 11.5. The zero-order valence-corrected chi connectivity index (χ0v) is 18.5. The lowest BCUT2D eigenvalue weighted by molar-refractivity contribution is 0.0676. The van der Waals surface area contributed by atoms with Crippen LogP contribution in [0, 0.1) is 27.0 Å². The molecule has 190 valence electrons. The largest absolute Gasteiger partial charge is 0.526 e. The Morgan fingerprint density at radius 3 is 0.818 bits per heavy atom. The average molecular weight is 543 g/mol. The Morgan fingerprint density at radius 1 is 0.455 bits per heavy atom. The summed E-state index contributed by atoms with van der Waals surface area (Å²) >= 11 is 0. The van der Waals surface area contributed by atoms with Crippen LogP contribution in [0.3, 0.4) is 0 Å². The van der Waals surface area contributed by atoms with Crippen molar-refractivity contribution >= 4 is 53.3 Å². The molecule has 33 heavy (non-hydrogen) atoms. The molecule has 0 aliphatic carbocycles. The fourth-order valence-electron chi connectivity index (χ4n) is 0.923. The van der Waals surface area contributed by atoms with Crippen LogP contribution in [0.1, 0.15) is 0 Å². The topological polar surface area (TPSA) is 425 Å². The van der Waals surface area contributed by atoms with E-state index in [2.05, 4.69) is 31.7 Å². The van der Waals surface area contributed by atoms with Crippen LogP contribution in [0.2, 0.25) is 0 Å². The first-order valence-corrected chi connectivity index (χ1v) is 11.5. The minimum absolute atomic E-state index is 1.00. The molecule has 28 heteroatoms. The van der Waals surface area contributed by atoms with Crippen molar-refractivity contribution in [3.63, 3.8) is 0 Å². The maximum atomic E-state index is 12.9. The molecule has 0 aromatic rings. The molecule has 0 saturated heterocycles. The molecule has 0 rings (SSSR count). The molecule has 25 nitrogen and oxygen atoms in total. The standard InChI is InChI=1S/C5H20N15O10P3/c6-1(7)16-24-31(21,25-17-2(8)9)29-33(23,28-20-5(14)15)30-32(22,26-18-3(10)11)27-19-4(12)13/h(H4,6,7,16)(H4,8,9,17)(H4,10,11,18)(H4,12,13,19)(H4,14,15,20). The van der Waals surface area contributed by atoms with Gasteiger partial charge in [-0.15, -0.1) is 0 Å². The van der Waals surface area contributed by atoms with Gasteiger partial charge in [-0.25, -0.2) is 41.1 Å². The number of rotatable bonds is 14. The van der Waals surface area contributed by atoms with E-state index in [4.69, 9.17) is 55.7 Å². The monoisotopic (exact) mass is 543 g/mol. The van der Waals surface area contributed by atoms with Gasteiger partial charge in [-0.1, -0.05) is 0 Å². The number of guanidine groups is 5. The third kappa shape index (κ3) is 13.7. The van der Waals surface area contributed by atoms with Gasteiger partial charge in [0, 0.05) is 0 Å². The van der Waals surface area contributed by atoms with E-state index in [0.29, 0.717) is 0 Å². The lowest BCUT2D eigenvalue weighted by Gasteiger charge is -2.24. The van der Waals surface area contributed by atoms with E-state index in [9.17, 15) is 13.7 Å². The van der Waals surface area contributed by atoms with Crippen LogP contribution in [-0.4, -0.2) is 29.8 Å². The lowest BCUT2D eigenvalue weighted by atomic mass is 11.1. The summed E-state index contributed by atoms with van der Waals surface area (Å²) in [5.41, 5.74) is 32.0. The van der Waals surface area contributed by atoms with Crippen molar-refractivity contribution in [1.82, 2.24) is 27.4 Å². The molecule has 0 amide bonds. The molecule has 0 aliphatic rings. The zero-order chi connectivity index (χ0) is 25.9. The second kappa shape index (κ2) is 12.7. The van der Waals surface area contributed by atoms with Gasteiger partial charge in [0.2, 0.25) is 29.8 Å². The van der Waals surface area contributed by atoms with E-state index in [1.165, 1.54) is 27.4 Å². The summed E-state index contributed by atoms with van der Waals surface area (Å²) in [6, 6.07) is 0. The molecule has 0 aromatic heterocycles. The molecule has 0 spiro atoms. The van der Waals surface area contributed by atoms with Crippen molar-refractivity contribution in [2.45, 2.75) is 0 Å². The maximum Gasteiger partial charge on any atom is 0.526 e. The second-order valence-corrected chi connectivity index (χ2v) is 9.44. The highest BCUT2D eigenvalue weighted by Crippen LogP contribution is 2.71. The van der Waals surface area contributed by atoms with E-state index < -0.39 is 53.3 Å². The predicted molar refractivity (Wildman–Crippen MR) is 106 cm³/mol. The van der Waals surface area contributed by atoms with Gasteiger partial charge in [0.15, 0.2) is 0 Å². The number of nitrogens with two attached hydrogens (primary N) is 5. The van der Waals surface area contributed by atoms with Gasteiger partial charge < -0.3 is 28.7 Å². The van der Waals surface area contributed by atoms with Gasteiger partial charge in [-0.05, 0) is 0 Å². The SMILES string of the molecule is N=C(N)NOP(=O)(ONC(=N)N)OP(=O)(ONC(=N)N)OP(=O)(ONC(=N)N)ONC(=N)N. The molecule has 0 atom stereocenters. The minimum Gasteiger partial charge on any atom is -0.368 e. The molecule has 0 unspecified atom stereocenters. The van der Waals surface area contributed by atoms with Crippen LogP contribution in [0.4, 0.5) is 0 Å². The van der Waals surface area contributed by atoms with Gasteiger partial charge in [0.25, 0.3) is 0 Å².